The van der Waals surface area contributed by atoms with Crippen LogP contribution in [0.4, 0.5) is 0 Å². The summed E-state index contributed by atoms with van der Waals surface area (Å²) in [6.45, 7) is 68.0. The van der Waals surface area contributed by atoms with E-state index in [-0.39, 0.29) is 62.8 Å². The molecule has 0 saturated carbocycles. The topological polar surface area (TPSA) is 27.7 Å². The summed E-state index contributed by atoms with van der Waals surface area (Å²) in [5.41, 5.74) is 36.8. The number of methoxy groups -OCH3 is 3. The quantitative estimate of drug-likeness (QED) is 0.0671. The van der Waals surface area contributed by atoms with Gasteiger partial charge in [-0.05, 0) is 0 Å². The minimum atomic E-state index is -1.89. The molecule has 13 aromatic carbocycles. The van der Waals surface area contributed by atoms with Crippen LogP contribution in [0.15, 0.2) is 224 Å². The van der Waals surface area contributed by atoms with E-state index in [0.717, 1.165) is 17.2 Å². The molecule has 0 unspecified atom stereocenters. The molecule has 11 heteroatoms. The van der Waals surface area contributed by atoms with Crippen molar-refractivity contribution < 1.29 is 14.2 Å². The van der Waals surface area contributed by atoms with Gasteiger partial charge in [0.2, 0.25) is 0 Å². The molecule has 0 bridgehead atoms. The second kappa shape index (κ2) is 58.6. The minimum absolute atomic E-state index is 0.0650. The van der Waals surface area contributed by atoms with Gasteiger partial charge in [-0.3, -0.25) is 0 Å². The Morgan fingerprint density at radius 3 is 0.807 bits per heavy atom. The fraction of sp³-hybridized carbons (Fsp3) is 0.371. The van der Waals surface area contributed by atoms with Crippen molar-refractivity contribution in [1.82, 2.24) is 0 Å². The van der Waals surface area contributed by atoms with Crippen molar-refractivity contribution in [3.63, 3.8) is 0 Å². The molecular weight excluding hydrogens is 2790 g/mol. The first-order valence-corrected chi connectivity index (χ1v) is 89.4. The summed E-state index contributed by atoms with van der Waals surface area (Å²) in [6.07, 6.45) is 0. The summed E-state index contributed by atoms with van der Waals surface area (Å²) >= 11 is -8.56. The monoisotopic (exact) mass is 2960 g/mol. The fourth-order valence-electron chi connectivity index (χ4n) is 18.4. The SMILES string of the molecule is COc1cc[c]([Bi]([CH3])[c]2ccc(OC)cc2)cc1.COc1ccc([Te]C)cc1.C[Te]c1c(C)cc(C)cc1C.C[Te]c1c(C)cccc1C(C)C.Cc1cc(C)[c]([Bi]([CH3])[c]2c(C)cc(C)cc2C)c(C)c1.Cc1cc(C)[c]([Sb]([CH3])[c]2c(C)cc(C)cc2C)c(C)c1.Cc1cc[c]([Bi]([CH3])[c]2ccc(C)cc2C(C)C)c(C(C)C)c1.Cc1cc[c]([Sb]([CH3])[c]2ccc(C)cc2C(C)C)c(C(C)C)c1. The van der Waals surface area contributed by atoms with Crippen molar-refractivity contribution in [2.75, 3.05) is 21.3 Å². The molecule has 0 radical (unpaired) electrons. The predicted octanol–water partition coefficient (Wildman–Crippen LogP) is 24.6. The summed E-state index contributed by atoms with van der Waals surface area (Å²) in [5, 5.41) is 0. The Bertz CT molecular complexity index is 5320. The first kappa shape index (κ1) is 120. The fourth-order valence-corrected chi connectivity index (χ4v) is 63.1. The molecule has 0 aliphatic heterocycles. The zero-order valence-corrected chi connectivity index (χ0v) is 113. The third-order valence-electron chi connectivity index (χ3n) is 24.6. The van der Waals surface area contributed by atoms with Gasteiger partial charge in [-0.25, -0.2) is 0 Å². The third kappa shape index (κ3) is 35.7. The van der Waals surface area contributed by atoms with Crippen LogP contribution in [0.5, 0.6) is 17.2 Å². The Hall–Kier alpha value is -4.09. The molecule has 0 amide bonds. The van der Waals surface area contributed by atoms with Crippen LogP contribution in [0.1, 0.15) is 238 Å². The van der Waals surface area contributed by atoms with Gasteiger partial charge in [-0.1, -0.05) is 0 Å². The van der Waals surface area contributed by atoms with Gasteiger partial charge in [0.15, 0.2) is 0 Å². The number of ether oxygens (including phenoxy) is 3. The maximum atomic E-state index is 5.19. The van der Waals surface area contributed by atoms with Crippen molar-refractivity contribution >= 4 is 213 Å². The van der Waals surface area contributed by atoms with Gasteiger partial charge in [0, 0.05) is 0 Å². The third-order valence-corrected chi connectivity index (χ3v) is 74.7. The Morgan fingerprint density at radius 2 is 0.526 bits per heavy atom. The number of hydrogen-bond acceptors (Lipinski definition) is 3. The maximum absolute atomic E-state index is 5.19. The van der Waals surface area contributed by atoms with Crippen molar-refractivity contribution in [3.05, 3.63) is 364 Å². The van der Waals surface area contributed by atoms with E-state index in [1.54, 1.807) is 83.5 Å². The van der Waals surface area contributed by atoms with E-state index < -0.39 is 106 Å². The molecule has 0 aromatic heterocycles. The van der Waals surface area contributed by atoms with Crippen LogP contribution < -0.4 is 58.7 Å². The molecule has 0 fully saturated rings. The van der Waals surface area contributed by atoms with Gasteiger partial charge in [-0.2, -0.15) is 0 Å². The molecule has 135 heavy (non-hydrogen) atoms. The molecule has 0 spiro atoms. The first-order chi connectivity index (χ1) is 63.6. The molecule has 3 nitrogen and oxygen atoms in total. The summed E-state index contributed by atoms with van der Waals surface area (Å²) in [7, 11) is 5.09. The van der Waals surface area contributed by atoms with Gasteiger partial charge in [-0.15, -0.1) is 0 Å². The van der Waals surface area contributed by atoms with E-state index in [2.05, 4.69) is 434 Å². The molecule has 0 aliphatic carbocycles. The Balaban J connectivity index is 0.000000240. The molecule has 722 valence electrons. The van der Waals surface area contributed by atoms with Gasteiger partial charge >= 0.3 is 905 Å². The second-order valence-corrected chi connectivity index (χ2v) is 81.3. The molecular formula is C124H165Bi3O3Sb2Te3. The average Bonchev–Trinajstić information content (AvgIpc) is 0.798. The van der Waals surface area contributed by atoms with Crippen LogP contribution in [0.3, 0.4) is 0 Å². The number of benzene rings is 13. The number of rotatable bonds is 21. The van der Waals surface area contributed by atoms with E-state index in [1.807, 2.05) is 36.4 Å². The molecule has 13 rings (SSSR count). The average molecular weight is 2960 g/mol. The standard InChI is InChI=1S/C11H16Te.C10H14Te.4C10H13.4C9H11.C8H10OTe.2C7H7O.5CH3.3Bi.2Sb/c1-8(2)10-7-5-6-9(3)11(10)12-4;1-7-5-8(2)10(11-4)9(3)6-7;4*1-8(2)10-6-4-5-9(3)7-10;4*1-7-4-8(2)6-9(3)5-7;1-9-7-3-5-8(10-2)6-4-7;2*1-8-7-5-3-2-4-6-7;;;;;;;;;;/h5-8H,1-4H3;5-6H,1-4H3;4*4-5,7-8H,1-3H3;4*4-5H,1-3H3;3-6H,1-2H3;2*3-6H,1H3;5*1H3;;;;;. The summed E-state index contributed by atoms with van der Waals surface area (Å²) in [4.78, 5) is 12.0. The molecule has 0 atom stereocenters. The second-order valence-electron chi connectivity index (χ2n) is 38.2. The van der Waals surface area contributed by atoms with E-state index in [1.165, 1.54) is 121 Å². The normalized spacial score (nSPS) is 11.0. The van der Waals surface area contributed by atoms with Crippen molar-refractivity contribution in [2.45, 2.75) is 276 Å². The zero-order valence-electron chi connectivity index (χ0n) is 90.4. The molecule has 0 heterocycles. The van der Waals surface area contributed by atoms with Crippen molar-refractivity contribution in [1.29, 1.82) is 0 Å². The molecule has 0 saturated heterocycles. The first-order valence-electron chi connectivity index (χ1n) is 47.8. The van der Waals surface area contributed by atoms with E-state index in [0.29, 0.717) is 29.6 Å². The molecule has 0 N–H and O–H groups in total. The summed E-state index contributed by atoms with van der Waals surface area (Å²) < 4.78 is 44.1. The van der Waals surface area contributed by atoms with Crippen LogP contribution in [-0.2, 0) is 0 Å². The summed E-state index contributed by atoms with van der Waals surface area (Å²) in [6, 6.07) is 83.9. The van der Waals surface area contributed by atoms with Crippen molar-refractivity contribution in [3.8, 4) is 17.2 Å². The Kier molecular flexibility index (Phi) is 51.9. The number of hydrogen-bond donors (Lipinski definition) is 0. The number of aryl methyl sites for hydroxylation is 20. The van der Waals surface area contributed by atoms with E-state index >= 15 is 0 Å². The van der Waals surface area contributed by atoms with Crippen molar-refractivity contribution in [2.24, 2.45) is 0 Å². The van der Waals surface area contributed by atoms with Crippen LogP contribution in [0, 0.1) is 138 Å². The van der Waals surface area contributed by atoms with E-state index in [4.69, 9.17) is 14.2 Å². The van der Waals surface area contributed by atoms with Crippen LogP contribution in [0.2, 0.25) is 38.6 Å². The van der Waals surface area contributed by atoms with Gasteiger partial charge in [0.1, 0.15) is 0 Å². The Morgan fingerprint density at radius 1 is 0.244 bits per heavy atom. The predicted molar refractivity (Wildman–Crippen MR) is 617 cm³/mol. The van der Waals surface area contributed by atoms with Crippen LogP contribution in [0.25, 0.3) is 0 Å². The molecule has 0 aliphatic rings. The van der Waals surface area contributed by atoms with E-state index in [9.17, 15) is 0 Å². The Labute approximate surface area is 893 Å². The van der Waals surface area contributed by atoms with Gasteiger partial charge < -0.3 is 0 Å². The molecule has 13 aromatic rings. The van der Waals surface area contributed by atoms with Crippen LogP contribution >= 0.6 is 0 Å². The van der Waals surface area contributed by atoms with Gasteiger partial charge in [0.05, 0.1) is 0 Å². The van der Waals surface area contributed by atoms with Crippen LogP contribution in [-0.4, -0.2) is 190 Å². The zero-order chi connectivity index (χ0) is 101. The summed E-state index contributed by atoms with van der Waals surface area (Å²) in [5.74, 6) is 5.91. The van der Waals surface area contributed by atoms with Gasteiger partial charge in [0.25, 0.3) is 0 Å².